The predicted molar refractivity (Wildman–Crippen MR) is 190 cm³/mol. The van der Waals surface area contributed by atoms with Gasteiger partial charge in [0, 0.05) is 68.4 Å². The van der Waals surface area contributed by atoms with Crippen molar-refractivity contribution < 1.29 is 34.6 Å². The van der Waals surface area contributed by atoms with Crippen LogP contribution in [0.15, 0.2) is 84.3 Å². The van der Waals surface area contributed by atoms with Crippen LogP contribution in [0.1, 0.15) is 79.7 Å². The fourth-order valence-corrected chi connectivity index (χ4v) is 6.60. The van der Waals surface area contributed by atoms with Crippen molar-refractivity contribution in [2.24, 2.45) is 11.8 Å². The molecule has 0 saturated carbocycles. The van der Waals surface area contributed by atoms with E-state index in [1.165, 1.54) is 27.1 Å². The zero-order valence-electron chi connectivity index (χ0n) is 28.2. The number of benzene rings is 2. The maximum atomic E-state index is 11.7. The Labute approximate surface area is 293 Å². The SMILES string of the molecule is CCC(CC)C(=O)/C=C(\O)C(CC)CC.[CH2-][n+]1ccc(-c2cncc3sccc23)cc1-c1[c-]c2ccccc2c(C(C)(C)C)c1.[Ir]. The van der Waals surface area contributed by atoms with Gasteiger partial charge in [-0.2, -0.15) is 0 Å². The number of carbonyl (C=O) groups excluding carboxylic acids is 1. The summed E-state index contributed by atoms with van der Waals surface area (Å²) in [6.45, 7) is 14.9. The van der Waals surface area contributed by atoms with E-state index in [1.807, 2.05) is 50.9 Å². The molecule has 6 heteroatoms. The standard InChI is InChI=1S/C27H23N2S.C13H24O2.Ir/c1-27(2,3)24-14-20(13-18-7-5-6-8-21(18)24)25-15-19(9-11-29(25)4)23-16-28-17-26-22(23)10-12-30-26;1-5-10(6-2)12(14)9-13(15)11(7-3)8-4;/h5-12,14-17H,4H2,1-3H3;9-11,14H,5-8H2,1-4H3;/q-1;;/b;12-9-;. The van der Waals surface area contributed by atoms with Crippen molar-refractivity contribution in [1.29, 1.82) is 0 Å². The first-order valence-electron chi connectivity index (χ1n) is 16.1. The minimum absolute atomic E-state index is 0. The van der Waals surface area contributed by atoms with Gasteiger partial charge in [0.25, 0.3) is 0 Å². The number of ketones is 1. The first kappa shape index (κ1) is 37.2. The Balaban J connectivity index is 0.000000309. The van der Waals surface area contributed by atoms with Gasteiger partial charge in [-0.3, -0.25) is 9.78 Å². The van der Waals surface area contributed by atoms with Crippen LogP contribution in [-0.2, 0) is 30.3 Å². The van der Waals surface area contributed by atoms with E-state index < -0.39 is 0 Å². The third kappa shape index (κ3) is 8.53. The number of carbonyl (C=O) groups is 1. The molecule has 5 aromatic rings. The molecule has 3 heterocycles. The molecule has 0 amide bonds. The van der Waals surface area contributed by atoms with Gasteiger partial charge in [-0.15, -0.1) is 40.5 Å². The van der Waals surface area contributed by atoms with Crippen molar-refractivity contribution in [3.63, 3.8) is 0 Å². The molecule has 0 aliphatic carbocycles. The summed E-state index contributed by atoms with van der Waals surface area (Å²) in [6.07, 6.45) is 10.8. The number of pyridine rings is 2. The molecule has 245 valence electrons. The minimum Gasteiger partial charge on any atom is -0.512 e. The van der Waals surface area contributed by atoms with Crippen LogP contribution < -0.4 is 4.57 Å². The number of allylic oxidation sites excluding steroid dienone is 2. The Morgan fingerprint density at radius 3 is 2.30 bits per heavy atom. The molecule has 0 unspecified atom stereocenters. The van der Waals surface area contributed by atoms with E-state index >= 15 is 0 Å². The van der Waals surface area contributed by atoms with E-state index in [9.17, 15) is 9.90 Å². The molecular formula is C40H47IrN2O2S-. The molecule has 2 aromatic carbocycles. The summed E-state index contributed by atoms with van der Waals surface area (Å²) in [5, 5.41) is 15.5. The van der Waals surface area contributed by atoms with Crippen molar-refractivity contribution in [2.75, 3.05) is 0 Å². The predicted octanol–water partition coefficient (Wildman–Crippen LogP) is 10.7. The van der Waals surface area contributed by atoms with E-state index in [0.717, 1.165) is 53.5 Å². The molecule has 46 heavy (non-hydrogen) atoms. The fourth-order valence-electron chi connectivity index (χ4n) is 5.82. The Bertz CT molecular complexity index is 1790. The Morgan fingerprint density at radius 2 is 1.65 bits per heavy atom. The van der Waals surface area contributed by atoms with Crippen molar-refractivity contribution in [1.82, 2.24) is 4.98 Å². The number of hydrogen-bond acceptors (Lipinski definition) is 4. The molecule has 5 rings (SSSR count). The van der Waals surface area contributed by atoms with Gasteiger partial charge in [-0.25, -0.2) is 0 Å². The van der Waals surface area contributed by atoms with Gasteiger partial charge in [-0.05, 0) is 60.2 Å². The molecule has 4 nitrogen and oxygen atoms in total. The number of rotatable bonds is 9. The number of nitrogens with zero attached hydrogens (tertiary/aromatic N) is 2. The van der Waals surface area contributed by atoms with Crippen LogP contribution in [0.4, 0.5) is 0 Å². The third-order valence-corrected chi connectivity index (χ3v) is 9.52. The maximum Gasteiger partial charge on any atom is 0.162 e. The van der Waals surface area contributed by atoms with Crippen molar-refractivity contribution in [3.8, 4) is 22.4 Å². The summed E-state index contributed by atoms with van der Waals surface area (Å²) in [4.78, 5) is 16.2. The molecule has 0 fully saturated rings. The van der Waals surface area contributed by atoms with Gasteiger partial charge < -0.3 is 9.67 Å². The van der Waals surface area contributed by atoms with Gasteiger partial charge in [0.15, 0.2) is 5.78 Å². The second-order valence-corrected chi connectivity index (χ2v) is 13.6. The fraction of sp³-hybridized carbons (Fsp3) is 0.350. The largest absolute Gasteiger partial charge is 0.512 e. The molecule has 0 saturated heterocycles. The molecule has 0 spiro atoms. The summed E-state index contributed by atoms with van der Waals surface area (Å²) >= 11 is 1.72. The zero-order valence-corrected chi connectivity index (χ0v) is 31.4. The average Bonchev–Trinajstić information content (AvgIpc) is 3.51. The van der Waals surface area contributed by atoms with E-state index in [-0.39, 0.29) is 48.9 Å². The molecule has 0 atom stereocenters. The van der Waals surface area contributed by atoms with Crippen molar-refractivity contribution >= 4 is 38.0 Å². The first-order valence-corrected chi connectivity index (χ1v) is 17.0. The van der Waals surface area contributed by atoms with E-state index in [4.69, 9.17) is 0 Å². The summed E-state index contributed by atoms with van der Waals surface area (Å²) in [6, 6.07) is 20.9. The second kappa shape index (κ2) is 16.5. The molecule has 1 radical (unpaired) electrons. The Morgan fingerprint density at radius 1 is 0.978 bits per heavy atom. The number of fused-ring (bicyclic) bond motifs is 2. The summed E-state index contributed by atoms with van der Waals surface area (Å²) in [5.74, 6) is 0.547. The zero-order chi connectivity index (χ0) is 32.7. The number of aromatic nitrogens is 2. The van der Waals surface area contributed by atoms with Crippen LogP contribution >= 0.6 is 11.3 Å². The molecular weight excluding hydrogens is 765 g/mol. The summed E-state index contributed by atoms with van der Waals surface area (Å²) in [7, 11) is 4.24. The number of aliphatic hydroxyl groups excluding tert-OH is 1. The second-order valence-electron chi connectivity index (χ2n) is 12.7. The number of thiophene rings is 1. The summed E-state index contributed by atoms with van der Waals surface area (Å²) in [5.41, 5.74) is 5.72. The van der Waals surface area contributed by atoms with E-state index in [2.05, 4.69) is 92.8 Å². The van der Waals surface area contributed by atoms with Crippen LogP contribution in [0.3, 0.4) is 0 Å². The molecule has 0 aliphatic rings. The number of hydrogen-bond donors (Lipinski definition) is 1. The molecule has 3 aromatic heterocycles. The van der Waals surface area contributed by atoms with Crippen molar-refractivity contribution in [3.05, 3.63) is 103 Å². The first-order chi connectivity index (χ1) is 21.5. The third-order valence-electron chi connectivity index (χ3n) is 8.67. The monoisotopic (exact) mass is 812 g/mol. The van der Waals surface area contributed by atoms with Crippen LogP contribution in [-0.4, -0.2) is 15.9 Å². The average molecular weight is 812 g/mol. The van der Waals surface area contributed by atoms with Gasteiger partial charge in [0.2, 0.25) is 0 Å². The quantitative estimate of drug-likeness (QED) is 0.0698. The van der Waals surface area contributed by atoms with Crippen LogP contribution in [0.25, 0.3) is 43.2 Å². The van der Waals surface area contributed by atoms with Gasteiger partial charge in [-0.1, -0.05) is 77.6 Å². The normalized spacial score (nSPS) is 11.9. The molecule has 0 aliphatic heterocycles. The minimum atomic E-state index is 0. The van der Waals surface area contributed by atoms with Crippen molar-refractivity contribution in [2.45, 2.75) is 79.6 Å². The Hall–Kier alpha value is -3.31. The summed E-state index contributed by atoms with van der Waals surface area (Å²) < 4.78 is 3.13. The van der Waals surface area contributed by atoms with Crippen LogP contribution in [0.5, 0.6) is 0 Å². The Kier molecular flexibility index (Phi) is 13.3. The van der Waals surface area contributed by atoms with E-state index in [1.54, 1.807) is 11.3 Å². The number of aliphatic hydroxyl groups is 1. The topological polar surface area (TPSA) is 54.1 Å². The van der Waals surface area contributed by atoms with Crippen LogP contribution in [0, 0.1) is 24.9 Å². The van der Waals surface area contributed by atoms with E-state index in [0.29, 0.717) is 0 Å². The molecule has 0 bridgehead atoms. The van der Waals surface area contributed by atoms with Gasteiger partial charge in [0.1, 0.15) is 5.69 Å². The maximum absolute atomic E-state index is 11.7. The van der Waals surface area contributed by atoms with Crippen LogP contribution in [0.2, 0.25) is 0 Å². The molecule has 1 N–H and O–H groups in total. The van der Waals surface area contributed by atoms with Gasteiger partial charge >= 0.3 is 0 Å². The van der Waals surface area contributed by atoms with Gasteiger partial charge in [0.05, 0.1) is 16.7 Å². The smallest absolute Gasteiger partial charge is 0.162 e.